The Bertz CT molecular complexity index is 115. The fourth-order valence-corrected chi connectivity index (χ4v) is 4.18. The van der Waals surface area contributed by atoms with Crippen molar-refractivity contribution in [2.45, 2.75) is 34.1 Å². The van der Waals surface area contributed by atoms with Crippen LogP contribution in [0.5, 0.6) is 0 Å². The van der Waals surface area contributed by atoms with Crippen LogP contribution in [0.15, 0.2) is 0 Å². The lowest BCUT2D eigenvalue weighted by atomic mass is 9.75. The van der Waals surface area contributed by atoms with E-state index < -0.39 is 0 Å². The smallest absolute Gasteiger partial charge is 0.00985 e. The molecule has 0 saturated heterocycles. The van der Waals surface area contributed by atoms with Gasteiger partial charge in [0.05, 0.1) is 0 Å². The maximum Gasteiger partial charge on any atom is 0.00985 e. The van der Waals surface area contributed by atoms with E-state index in [0.29, 0.717) is 5.41 Å². The Morgan fingerprint density at radius 3 is 1.50 bits per heavy atom. The van der Waals surface area contributed by atoms with E-state index >= 15 is 0 Å². The first-order valence-electron chi connectivity index (χ1n) is 4.60. The Labute approximate surface area is 93.8 Å². The minimum Gasteiger partial charge on any atom is -0.0922 e. The van der Waals surface area contributed by atoms with E-state index in [0.717, 1.165) is 22.5 Å². The number of alkyl halides is 2. The average Bonchev–Trinajstić information content (AvgIpc) is 1.99. The Morgan fingerprint density at radius 2 is 1.42 bits per heavy atom. The van der Waals surface area contributed by atoms with E-state index in [1.807, 2.05) is 0 Å². The molecule has 0 unspecified atom stereocenters. The summed E-state index contributed by atoms with van der Waals surface area (Å²) in [6, 6.07) is 0. The number of halogens is 2. The van der Waals surface area contributed by atoms with Gasteiger partial charge in [-0.25, -0.2) is 0 Å². The molecule has 0 aromatic rings. The molecule has 74 valence electrons. The lowest BCUT2D eigenvalue weighted by molar-refractivity contribution is 0.217. The molecule has 0 rings (SSSR count). The van der Waals surface area contributed by atoms with Crippen molar-refractivity contribution in [1.29, 1.82) is 0 Å². The lowest BCUT2D eigenvalue weighted by Crippen LogP contribution is -2.32. The zero-order chi connectivity index (χ0) is 9.78. The van der Waals surface area contributed by atoms with Gasteiger partial charge in [-0.15, -0.1) is 0 Å². The minimum absolute atomic E-state index is 0.439. The predicted octanol–water partition coefficient (Wildman–Crippen LogP) is 4.46. The van der Waals surface area contributed by atoms with Crippen molar-refractivity contribution in [3.05, 3.63) is 0 Å². The first-order chi connectivity index (χ1) is 5.48. The Balaban J connectivity index is 4.35. The molecule has 0 aromatic heterocycles. The Hall–Kier alpha value is 0.960. The van der Waals surface area contributed by atoms with Crippen molar-refractivity contribution >= 4 is 31.9 Å². The van der Waals surface area contributed by atoms with Gasteiger partial charge in [0.2, 0.25) is 0 Å². The second kappa shape index (κ2) is 5.64. The summed E-state index contributed by atoms with van der Waals surface area (Å²) in [4.78, 5) is 0. The van der Waals surface area contributed by atoms with Gasteiger partial charge in [0.1, 0.15) is 0 Å². The molecule has 0 radical (unpaired) electrons. The van der Waals surface area contributed by atoms with E-state index in [9.17, 15) is 0 Å². The molecule has 2 heteroatoms. The Morgan fingerprint density at radius 1 is 1.00 bits per heavy atom. The van der Waals surface area contributed by atoms with Gasteiger partial charge in [-0.2, -0.15) is 0 Å². The lowest BCUT2D eigenvalue weighted by Gasteiger charge is -2.36. The number of rotatable bonds is 5. The summed E-state index contributed by atoms with van der Waals surface area (Å²) >= 11 is 7.26. The number of hydrogen-bond donors (Lipinski definition) is 0. The molecule has 0 aliphatic carbocycles. The fraction of sp³-hybridized carbons (Fsp3) is 1.00. The van der Waals surface area contributed by atoms with Gasteiger partial charge in [0.15, 0.2) is 0 Å². The van der Waals surface area contributed by atoms with E-state index in [1.165, 1.54) is 6.42 Å². The van der Waals surface area contributed by atoms with Crippen molar-refractivity contribution < 1.29 is 0 Å². The van der Waals surface area contributed by atoms with E-state index in [2.05, 4.69) is 59.6 Å². The van der Waals surface area contributed by atoms with Crippen molar-refractivity contribution in [3.8, 4) is 0 Å². The quantitative estimate of drug-likeness (QED) is 0.657. The molecular weight excluding hydrogens is 280 g/mol. The van der Waals surface area contributed by atoms with Crippen LogP contribution in [0.4, 0.5) is 0 Å². The van der Waals surface area contributed by atoms with Gasteiger partial charge >= 0.3 is 0 Å². The van der Waals surface area contributed by atoms with Crippen LogP contribution < -0.4 is 0 Å². The summed E-state index contributed by atoms with van der Waals surface area (Å²) < 4.78 is 0. The van der Waals surface area contributed by atoms with Crippen molar-refractivity contribution in [3.63, 3.8) is 0 Å². The molecular formula is C10H20Br2. The molecule has 12 heavy (non-hydrogen) atoms. The second-order valence-corrected chi connectivity index (χ2v) is 5.50. The minimum atomic E-state index is 0.439. The summed E-state index contributed by atoms with van der Waals surface area (Å²) in [6.07, 6.45) is 1.29. The molecule has 0 aliphatic rings. The molecule has 0 N–H and O–H groups in total. The van der Waals surface area contributed by atoms with Gasteiger partial charge in [-0.1, -0.05) is 59.6 Å². The van der Waals surface area contributed by atoms with Crippen molar-refractivity contribution in [2.24, 2.45) is 17.3 Å². The standard InChI is InChI=1S/C10H20Br2/c1-8(2)5-10(6-11,7-12)9(3)4/h8-9H,5-7H2,1-4H3. The summed E-state index contributed by atoms with van der Waals surface area (Å²) in [5.41, 5.74) is 0.439. The largest absolute Gasteiger partial charge is 0.0922 e. The Kier molecular flexibility index (Phi) is 6.09. The van der Waals surface area contributed by atoms with Gasteiger partial charge in [-0.3, -0.25) is 0 Å². The van der Waals surface area contributed by atoms with Crippen LogP contribution in [0.3, 0.4) is 0 Å². The van der Waals surface area contributed by atoms with Crippen molar-refractivity contribution in [2.75, 3.05) is 10.7 Å². The SMILES string of the molecule is CC(C)CC(CBr)(CBr)C(C)C. The highest BCUT2D eigenvalue weighted by molar-refractivity contribution is 9.09. The van der Waals surface area contributed by atoms with Gasteiger partial charge in [0.25, 0.3) is 0 Å². The van der Waals surface area contributed by atoms with Gasteiger partial charge in [0, 0.05) is 10.7 Å². The van der Waals surface area contributed by atoms with E-state index in [1.54, 1.807) is 0 Å². The summed E-state index contributed by atoms with van der Waals surface area (Å²) in [7, 11) is 0. The highest BCUT2D eigenvalue weighted by atomic mass is 79.9. The number of hydrogen-bond acceptors (Lipinski definition) is 0. The topological polar surface area (TPSA) is 0 Å². The molecule has 0 nitrogen and oxygen atoms in total. The van der Waals surface area contributed by atoms with Crippen LogP contribution in [0.1, 0.15) is 34.1 Å². The van der Waals surface area contributed by atoms with Crippen molar-refractivity contribution in [1.82, 2.24) is 0 Å². The zero-order valence-corrected chi connectivity index (χ0v) is 11.7. The molecule has 0 aliphatic heterocycles. The van der Waals surface area contributed by atoms with Crippen LogP contribution >= 0.6 is 31.9 Å². The molecule has 0 saturated carbocycles. The second-order valence-electron chi connectivity index (χ2n) is 4.38. The molecule has 0 heterocycles. The third kappa shape index (κ3) is 3.37. The highest BCUT2D eigenvalue weighted by Gasteiger charge is 2.32. The highest BCUT2D eigenvalue weighted by Crippen LogP contribution is 2.38. The predicted molar refractivity (Wildman–Crippen MR) is 64.3 cm³/mol. The third-order valence-electron chi connectivity index (χ3n) is 2.57. The maximum absolute atomic E-state index is 3.63. The van der Waals surface area contributed by atoms with Gasteiger partial charge < -0.3 is 0 Å². The van der Waals surface area contributed by atoms with E-state index in [4.69, 9.17) is 0 Å². The monoisotopic (exact) mass is 298 g/mol. The van der Waals surface area contributed by atoms with Crippen LogP contribution in [0, 0.1) is 17.3 Å². The molecule has 0 spiro atoms. The van der Waals surface area contributed by atoms with Gasteiger partial charge in [-0.05, 0) is 23.7 Å². The summed E-state index contributed by atoms with van der Waals surface area (Å²) in [5, 5.41) is 2.20. The summed E-state index contributed by atoms with van der Waals surface area (Å²) in [5.74, 6) is 1.51. The fourth-order valence-electron chi connectivity index (χ4n) is 1.50. The molecule has 0 aromatic carbocycles. The molecule has 0 fully saturated rings. The third-order valence-corrected chi connectivity index (χ3v) is 4.81. The molecule has 0 bridgehead atoms. The maximum atomic E-state index is 3.63. The van der Waals surface area contributed by atoms with Crippen LogP contribution in [0.25, 0.3) is 0 Å². The normalized spacial score (nSPS) is 13.0. The first kappa shape index (κ1) is 13.0. The van der Waals surface area contributed by atoms with Crippen LogP contribution in [-0.4, -0.2) is 10.7 Å². The van der Waals surface area contributed by atoms with Crippen LogP contribution in [0.2, 0.25) is 0 Å². The average molecular weight is 300 g/mol. The molecule has 0 amide bonds. The molecule has 0 atom stereocenters. The first-order valence-corrected chi connectivity index (χ1v) is 6.84. The van der Waals surface area contributed by atoms with E-state index in [-0.39, 0.29) is 0 Å². The van der Waals surface area contributed by atoms with Crippen LogP contribution in [-0.2, 0) is 0 Å². The summed E-state index contributed by atoms with van der Waals surface area (Å²) in [6.45, 7) is 9.21. The zero-order valence-electron chi connectivity index (χ0n) is 8.53.